The molecule has 4 aliphatic rings. The van der Waals surface area contributed by atoms with Crippen LogP contribution in [0.25, 0.3) is 0 Å². The van der Waals surface area contributed by atoms with Crippen molar-refractivity contribution in [3.8, 4) is 0 Å². The molecule has 0 N–H and O–H groups in total. The molecular formula is C11H12O3. The average Bonchev–Trinajstić information content (AvgIpc) is 2.42. The molecule has 1 saturated carbocycles. The summed E-state index contributed by atoms with van der Waals surface area (Å²) >= 11 is 0. The van der Waals surface area contributed by atoms with Crippen LogP contribution in [0.15, 0.2) is 12.2 Å². The lowest BCUT2D eigenvalue weighted by molar-refractivity contribution is -0.155. The number of ether oxygens (including phenoxy) is 1. The van der Waals surface area contributed by atoms with E-state index in [9.17, 15) is 9.59 Å². The summed E-state index contributed by atoms with van der Waals surface area (Å²) in [5.74, 6) is -0.401. The van der Waals surface area contributed by atoms with Gasteiger partial charge in [-0.15, -0.1) is 0 Å². The van der Waals surface area contributed by atoms with E-state index in [2.05, 4.69) is 12.2 Å². The van der Waals surface area contributed by atoms with Crippen LogP contribution < -0.4 is 0 Å². The molecule has 4 atom stereocenters. The Labute approximate surface area is 82.1 Å². The Hall–Kier alpha value is -1.12. The number of hydrogen-bond acceptors (Lipinski definition) is 3. The Morgan fingerprint density at radius 1 is 1.36 bits per heavy atom. The van der Waals surface area contributed by atoms with Crippen LogP contribution in [-0.2, 0) is 14.3 Å². The lowest BCUT2D eigenvalue weighted by Gasteiger charge is -2.44. The smallest absolute Gasteiger partial charge is 0.320 e. The molecule has 0 aromatic rings. The molecule has 3 nitrogen and oxygen atoms in total. The van der Waals surface area contributed by atoms with Gasteiger partial charge < -0.3 is 4.74 Å². The molecule has 1 saturated heterocycles. The van der Waals surface area contributed by atoms with Crippen molar-refractivity contribution in [2.45, 2.75) is 19.8 Å². The van der Waals surface area contributed by atoms with Gasteiger partial charge in [0.15, 0.2) is 0 Å². The third kappa shape index (κ3) is 0.703. The molecule has 2 fully saturated rings. The minimum absolute atomic E-state index is 0.205. The minimum atomic E-state index is -0.561. The summed E-state index contributed by atoms with van der Waals surface area (Å²) < 4.78 is 4.77. The molecule has 0 amide bonds. The second-order valence-corrected chi connectivity index (χ2v) is 4.70. The van der Waals surface area contributed by atoms with E-state index >= 15 is 0 Å². The Morgan fingerprint density at radius 2 is 2.14 bits per heavy atom. The predicted molar refractivity (Wildman–Crippen MR) is 48.1 cm³/mol. The SMILES string of the molecule is C[C@@]12C(=O)OC(=O)C1[C@@H]1C=C[C@H]2CC1. The molecule has 74 valence electrons. The number of carbonyl (C=O) groups is 2. The van der Waals surface area contributed by atoms with Gasteiger partial charge in [0.2, 0.25) is 0 Å². The summed E-state index contributed by atoms with van der Waals surface area (Å²) in [6.45, 7) is 1.88. The standard InChI is InChI=1S/C11H12O3/c1-11-7-4-2-6(3-5-7)8(11)9(12)14-10(11)13/h2,4,6-8H,3,5H2,1H3/t6-,7+,8?,11+/m1/s1. The molecule has 0 radical (unpaired) electrons. The third-order valence-electron chi connectivity index (χ3n) is 4.13. The highest BCUT2D eigenvalue weighted by atomic mass is 16.6. The van der Waals surface area contributed by atoms with E-state index in [1.165, 1.54) is 0 Å². The van der Waals surface area contributed by atoms with Gasteiger partial charge in [0, 0.05) is 0 Å². The van der Waals surface area contributed by atoms with Crippen LogP contribution in [0.5, 0.6) is 0 Å². The molecular weight excluding hydrogens is 180 g/mol. The van der Waals surface area contributed by atoms with Gasteiger partial charge in [-0.25, -0.2) is 0 Å². The van der Waals surface area contributed by atoms with Gasteiger partial charge in [-0.2, -0.15) is 0 Å². The predicted octanol–water partition coefficient (Wildman–Crippen LogP) is 1.29. The van der Waals surface area contributed by atoms with Gasteiger partial charge in [0.1, 0.15) is 0 Å². The second-order valence-electron chi connectivity index (χ2n) is 4.70. The van der Waals surface area contributed by atoms with E-state index in [0.717, 1.165) is 12.8 Å². The molecule has 1 unspecified atom stereocenters. The number of esters is 2. The quantitative estimate of drug-likeness (QED) is 0.330. The maximum Gasteiger partial charge on any atom is 0.320 e. The number of allylic oxidation sites excluding steroid dienone is 2. The van der Waals surface area contributed by atoms with Crippen molar-refractivity contribution in [2.75, 3.05) is 0 Å². The van der Waals surface area contributed by atoms with Crippen molar-refractivity contribution in [1.29, 1.82) is 0 Å². The van der Waals surface area contributed by atoms with Crippen molar-refractivity contribution >= 4 is 11.9 Å². The summed E-state index contributed by atoms with van der Waals surface area (Å²) in [5, 5.41) is 0. The maximum atomic E-state index is 11.7. The van der Waals surface area contributed by atoms with Crippen molar-refractivity contribution in [3.63, 3.8) is 0 Å². The van der Waals surface area contributed by atoms with E-state index in [1.807, 2.05) is 6.92 Å². The number of rotatable bonds is 0. The van der Waals surface area contributed by atoms with Gasteiger partial charge in [-0.3, -0.25) is 9.59 Å². The summed E-state index contributed by atoms with van der Waals surface area (Å²) in [7, 11) is 0. The van der Waals surface area contributed by atoms with Crippen LogP contribution >= 0.6 is 0 Å². The van der Waals surface area contributed by atoms with E-state index in [0.29, 0.717) is 0 Å². The molecule has 2 bridgehead atoms. The fraction of sp³-hybridized carbons (Fsp3) is 0.636. The fourth-order valence-electron chi connectivity index (χ4n) is 3.26. The second kappa shape index (κ2) is 2.27. The number of fused-ring (bicyclic) bond motifs is 1. The molecule has 3 heteroatoms. The highest BCUT2D eigenvalue weighted by Crippen LogP contribution is 2.56. The normalized spacial score (nSPS) is 49.4. The Kier molecular flexibility index (Phi) is 1.33. The van der Waals surface area contributed by atoms with Gasteiger partial charge >= 0.3 is 11.9 Å². The van der Waals surface area contributed by atoms with E-state index in [1.54, 1.807) is 0 Å². The number of hydrogen-bond donors (Lipinski definition) is 0. The van der Waals surface area contributed by atoms with Crippen molar-refractivity contribution in [3.05, 3.63) is 12.2 Å². The van der Waals surface area contributed by atoms with Crippen molar-refractivity contribution in [2.24, 2.45) is 23.2 Å². The Balaban J connectivity index is 2.16. The first kappa shape index (κ1) is 8.21. The van der Waals surface area contributed by atoms with E-state index in [-0.39, 0.29) is 29.7 Å². The van der Waals surface area contributed by atoms with Crippen LogP contribution in [0, 0.1) is 23.2 Å². The molecule has 14 heavy (non-hydrogen) atoms. The summed E-state index contributed by atoms with van der Waals surface area (Å²) in [4.78, 5) is 23.2. The highest BCUT2D eigenvalue weighted by molar-refractivity contribution is 6.00. The van der Waals surface area contributed by atoms with Gasteiger partial charge in [0.05, 0.1) is 11.3 Å². The van der Waals surface area contributed by atoms with Crippen LogP contribution in [0.2, 0.25) is 0 Å². The first-order chi connectivity index (χ1) is 6.64. The van der Waals surface area contributed by atoms with Crippen LogP contribution in [0.1, 0.15) is 19.8 Å². The zero-order chi connectivity index (χ0) is 9.92. The zero-order valence-corrected chi connectivity index (χ0v) is 8.03. The molecule has 3 aliphatic carbocycles. The van der Waals surface area contributed by atoms with Crippen molar-refractivity contribution in [1.82, 2.24) is 0 Å². The highest BCUT2D eigenvalue weighted by Gasteiger charge is 2.63. The summed E-state index contributed by atoms with van der Waals surface area (Å²) in [6.07, 6.45) is 6.20. The van der Waals surface area contributed by atoms with E-state index in [4.69, 9.17) is 4.74 Å². The molecule has 0 spiro atoms. The first-order valence-electron chi connectivity index (χ1n) is 5.08. The molecule has 1 heterocycles. The van der Waals surface area contributed by atoms with Gasteiger partial charge in [-0.1, -0.05) is 12.2 Å². The lowest BCUT2D eigenvalue weighted by Crippen LogP contribution is -2.47. The van der Waals surface area contributed by atoms with E-state index < -0.39 is 5.41 Å². The summed E-state index contributed by atoms with van der Waals surface area (Å²) in [5.41, 5.74) is -0.561. The third-order valence-corrected chi connectivity index (χ3v) is 4.13. The van der Waals surface area contributed by atoms with Gasteiger partial charge in [-0.05, 0) is 31.6 Å². The monoisotopic (exact) mass is 192 g/mol. The Bertz CT molecular complexity index is 358. The lowest BCUT2D eigenvalue weighted by atomic mass is 9.55. The number of cyclic esters (lactones) is 2. The summed E-state index contributed by atoms with van der Waals surface area (Å²) in [6, 6.07) is 0. The molecule has 4 rings (SSSR count). The van der Waals surface area contributed by atoms with Gasteiger partial charge in [0.25, 0.3) is 0 Å². The number of carbonyl (C=O) groups excluding carboxylic acids is 2. The topological polar surface area (TPSA) is 43.4 Å². The van der Waals surface area contributed by atoms with Crippen molar-refractivity contribution < 1.29 is 14.3 Å². The minimum Gasteiger partial charge on any atom is -0.392 e. The average molecular weight is 192 g/mol. The van der Waals surface area contributed by atoms with Crippen LogP contribution in [0.3, 0.4) is 0 Å². The molecule has 1 aliphatic heterocycles. The molecule has 0 aromatic carbocycles. The largest absolute Gasteiger partial charge is 0.392 e. The fourth-order valence-corrected chi connectivity index (χ4v) is 3.26. The van der Waals surface area contributed by atoms with Crippen LogP contribution in [-0.4, -0.2) is 11.9 Å². The maximum absolute atomic E-state index is 11.7. The Morgan fingerprint density at radius 3 is 2.71 bits per heavy atom. The first-order valence-corrected chi connectivity index (χ1v) is 5.08. The van der Waals surface area contributed by atoms with Crippen LogP contribution in [0.4, 0.5) is 0 Å². The molecule has 0 aromatic heterocycles. The zero-order valence-electron chi connectivity index (χ0n) is 8.03.